The Morgan fingerprint density at radius 3 is 2.75 bits per heavy atom. The Kier molecular flexibility index (Phi) is 2.69. The zero-order valence-corrected chi connectivity index (χ0v) is 10.4. The fraction of sp³-hybridized carbons (Fsp3) is 0.700. The first kappa shape index (κ1) is 11.4. The van der Waals surface area contributed by atoms with Gasteiger partial charge >= 0.3 is 5.97 Å². The minimum absolute atomic E-state index is 0.0278. The van der Waals surface area contributed by atoms with E-state index >= 15 is 0 Å². The second-order valence-corrected chi connectivity index (χ2v) is 5.77. The number of nitrogens with zero attached hydrogens (tertiary/aromatic N) is 3. The molecule has 0 amide bonds. The van der Waals surface area contributed by atoms with E-state index in [2.05, 4.69) is 24.0 Å². The van der Waals surface area contributed by atoms with Gasteiger partial charge in [-0.15, -0.1) is 10.2 Å². The van der Waals surface area contributed by atoms with Gasteiger partial charge in [-0.2, -0.15) is 0 Å². The summed E-state index contributed by atoms with van der Waals surface area (Å²) in [6.07, 6.45) is 1.13. The minimum Gasteiger partial charge on any atom is -0.481 e. The van der Waals surface area contributed by atoms with Crippen molar-refractivity contribution in [3.63, 3.8) is 0 Å². The molecule has 1 heterocycles. The van der Waals surface area contributed by atoms with Crippen molar-refractivity contribution >= 4 is 17.7 Å². The fourth-order valence-corrected chi connectivity index (χ4v) is 2.43. The van der Waals surface area contributed by atoms with E-state index < -0.39 is 5.97 Å². The summed E-state index contributed by atoms with van der Waals surface area (Å²) in [6, 6.07) is 0. The summed E-state index contributed by atoms with van der Waals surface area (Å²) in [7, 11) is 1.90. The molecular weight excluding hydrogens is 226 g/mol. The molecule has 0 radical (unpaired) electrons. The molecule has 1 aliphatic carbocycles. The molecule has 88 valence electrons. The van der Waals surface area contributed by atoms with Gasteiger partial charge in [0.25, 0.3) is 0 Å². The van der Waals surface area contributed by atoms with Crippen LogP contribution in [0.15, 0.2) is 5.16 Å². The fourth-order valence-electron chi connectivity index (χ4n) is 1.79. The highest BCUT2D eigenvalue weighted by molar-refractivity contribution is 7.99. The summed E-state index contributed by atoms with van der Waals surface area (Å²) in [4.78, 5) is 10.5. The van der Waals surface area contributed by atoms with E-state index in [-0.39, 0.29) is 5.75 Å². The lowest BCUT2D eigenvalue weighted by Crippen LogP contribution is -2.03. The summed E-state index contributed by atoms with van der Waals surface area (Å²) >= 11 is 1.21. The van der Waals surface area contributed by atoms with Crippen molar-refractivity contribution in [2.45, 2.75) is 31.3 Å². The molecule has 16 heavy (non-hydrogen) atoms. The highest BCUT2D eigenvalue weighted by Crippen LogP contribution is 2.58. The first-order valence-corrected chi connectivity index (χ1v) is 6.14. The molecule has 0 saturated heterocycles. The lowest BCUT2D eigenvalue weighted by molar-refractivity contribution is -0.133. The Morgan fingerprint density at radius 1 is 1.62 bits per heavy atom. The molecule has 1 saturated carbocycles. The van der Waals surface area contributed by atoms with Crippen molar-refractivity contribution in [3.8, 4) is 0 Å². The molecule has 0 bridgehead atoms. The number of hydrogen-bond acceptors (Lipinski definition) is 4. The van der Waals surface area contributed by atoms with E-state index in [0.29, 0.717) is 16.5 Å². The van der Waals surface area contributed by atoms with Crippen LogP contribution in [0.25, 0.3) is 0 Å². The number of hydrogen-bond donors (Lipinski definition) is 1. The van der Waals surface area contributed by atoms with Crippen molar-refractivity contribution in [1.82, 2.24) is 14.8 Å². The molecule has 1 aromatic rings. The summed E-state index contributed by atoms with van der Waals surface area (Å²) in [6.45, 7) is 4.41. The lowest BCUT2D eigenvalue weighted by atomic mass is 10.1. The van der Waals surface area contributed by atoms with Crippen LogP contribution in [0.1, 0.15) is 32.0 Å². The van der Waals surface area contributed by atoms with Crippen molar-refractivity contribution in [2.24, 2.45) is 12.5 Å². The molecule has 1 aliphatic rings. The average molecular weight is 241 g/mol. The van der Waals surface area contributed by atoms with Gasteiger partial charge in [-0.05, 0) is 11.8 Å². The minimum atomic E-state index is -0.832. The second kappa shape index (κ2) is 3.76. The van der Waals surface area contributed by atoms with Crippen LogP contribution in [0.3, 0.4) is 0 Å². The van der Waals surface area contributed by atoms with E-state index in [1.54, 1.807) is 0 Å². The van der Waals surface area contributed by atoms with Crippen molar-refractivity contribution in [2.75, 3.05) is 5.75 Å². The smallest absolute Gasteiger partial charge is 0.313 e. The van der Waals surface area contributed by atoms with Crippen LogP contribution >= 0.6 is 11.8 Å². The van der Waals surface area contributed by atoms with Crippen LogP contribution in [0.2, 0.25) is 0 Å². The SMILES string of the molecule is Cn1c(SCC(=O)O)nnc1[C@H]1CC1(C)C. The first-order chi connectivity index (χ1) is 7.42. The summed E-state index contributed by atoms with van der Waals surface area (Å²) in [5.41, 5.74) is 0.315. The summed E-state index contributed by atoms with van der Waals surface area (Å²) < 4.78 is 1.91. The van der Waals surface area contributed by atoms with Crippen LogP contribution < -0.4 is 0 Å². The number of carboxylic acids is 1. The Morgan fingerprint density at radius 2 is 2.25 bits per heavy atom. The van der Waals surface area contributed by atoms with Crippen LogP contribution in [0.4, 0.5) is 0 Å². The van der Waals surface area contributed by atoms with Crippen LogP contribution in [0.5, 0.6) is 0 Å². The third-order valence-electron chi connectivity index (χ3n) is 3.02. The standard InChI is InChI=1S/C10H15N3O2S/c1-10(2)4-6(10)8-11-12-9(13(8)3)16-5-7(14)15/h6H,4-5H2,1-3H3,(H,14,15)/t6-/m1/s1. The first-order valence-electron chi connectivity index (χ1n) is 5.15. The van der Waals surface area contributed by atoms with E-state index in [0.717, 1.165) is 12.2 Å². The maximum Gasteiger partial charge on any atom is 0.313 e. The van der Waals surface area contributed by atoms with Crippen LogP contribution in [-0.2, 0) is 11.8 Å². The molecule has 0 aromatic carbocycles. The Labute approximate surface area is 98.3 Å². The van der Waals surface area contributed by atoms with Gasteiger partial charge in [-0.25, -0.2) is 0 Å². The number of carbonyl (C=O) groups is 1. The van der Waals surface area contributed by atoms with Gasteiger partial charge in [0, 0.05) is 13.0 Å². The van der Waals surface area contributed by atoms with Crippen LogP contribution in [-0.4, -0.2) is 31.6 Å². The third kappa shape index (κ3) is 2.07. The normalized spacial score (nSPS) is 22.1. The van der Waals surface area contributed by atoms with Gasteiger partial charge in [0.2, 0.25) is 0 Å². The molecule has 1 N–H and O–H groups in total. The largest absolute Gasteiger partial charge is 0.481 e. The Hall–Kier alpha value is -1.04. The average Bonchev–Trinajstić information content (AvgIpc) is 2.66. The molecule has 1 fully saturated rings. The summed E-state index contributed by atoms with van der Waals surface area (Å²) in [5.74, 6) is 0.628. The number of aromatic nitrogens is 3. The zero-order valence-electron chi connectivity index (χ0n) is 9.60. The van der Waals surface area contributed by atoms with Gasteiger partial charge in [0.1, 0.15) is 5.82 Å². The topological polar surface area (TPSA) is 68.0 Å². The van der Waals surface area contributed by atoms with Gasteiger partial charge < -0.3 is 9.67 Å². The molecular formula is C10H15N3O2S. The quantitative estimate of drug-likeness (QED) is 0.809. The summed E-state index contributed by atoms with van der Waals surface area (Å²) in [5, 5.41) is 17.5. The molecule has 5 nitrogen and oxygen atoms in total. The van der Waals surface area contributed by atoms with Gasteiger partial charge in [-0.1, -0.05) is 25.6 Å². The van der Waals surface area contributed by atoms with Crippen molar-refractivity contribution < 1.29 is 9.90 Å². The monoisotopic (exact) mass is 241 g/mol. The lowest BCUT2D eigenvalue weighted by Gasteiger charge is -2.04. The van der Waals surface area contributed by atoms with Gasteiger partial charge in [0.05, 0.1) is 5.75 Å². The second-order valence-electron chi connectivity index (χ2n) is 4.83. The van der Waals surface area contributed by atoms with E-state index in [9.17, 15) is 4.79 Å². The zero-order chi connectivity index (χ0) is 11.9. The molecule has 0 aliphatic heterocycles. The Bertz CT molecular complexity index is 428. The Balaban J connectivity index is 2.09. The molecule has 1 aromatic heterocycles. The number of carboxylic acid groups (broad SMARTS) is 1. The number of thioether (sulfide) groups is 1. The van der Waals surface area contributed by atoms with E-state index in [4.69, 9.17) is 5.11 Å². The predicted octanol–water partition coefficient (Wildman–Crippen LogP) is 1.51. The molecule has 1 atom stereocenters. The van der Waals surface area contributed by atoms with E-state index in [1.165, 1.54) is 11.8 Å². The third-order valence-corrected chi connectivity index (χ3v) is 4.02. The molecule has 6 heteroatoms. The number of rotatable bonds is 4. The maximum absolute atomic E-state index is 10.5. The van der Waals surface area contributed by atoms with Crippen LogP contribution in [0, 0.1) is 5.41 Å². The van der Waals surface area contributed by atoms with Gasteiger partial charge in [0.15, 0.2) is 5.16 Å². The molecule has 2 rings (SSSR count). The highest BCUT2D eigenvalue weighted by atomic mass is 32.2. The van der Waals surface area contributed by atoms with E-state index in [1.807, 2.05) is 11.6 Å². The molecule has 0 unspecified atom stereocenters. The van der Waals surface area contributed by atoms with Crippen molar-refractivity contribution in [3.05, 3.63) is 5.82 Å². The van der Waals surface area contributed by atoms with Gasteiger partial charge in [-0.3, -0.25) is 4.79 Å². The maximum atomic E-state index is 10.5. The molecule has 0 spiro atoms. The van der Waals surface area contributed by atoms with Crippen molar-refractivity contribution in [1.29, 1.82) is 0 Å². The number of aliphatic carboxylic acids is 1. The highest BCUT2D eigenvalue weighted by Gasteiger charge is 2.49. The predicted molar refractivity (Wildman–Crippen MR) is 60.5 cm³/mol.